The molecule has 1 aliphatic heterocycles. The monoisotopic (exact) mass is 461 g/mol. The highest BCUT2D eigenvalue weighted by Crippen LogP contribution is 2.32. The van der Waals surface area contributed by atoms with Gasteiger partial charge in [0.25, 0.3) is 0 Å². The highest BCUT2D eigenvalue weighted by atomic mass is 32.1. The van der Waals surface area contributed by atoms with Crippen LogP contribution in [0.4, 0.5) is 19.0 Å². The number of amidine groups is 1. The van der Waals surface area contributed by atoms with Crippen LogP contribution in [0.2, 0.25) is 0 Å². The second-order valence-corrected chi connectivity index (χ2v) is 8.25. The number of benzene rings is 1. The lowest BCUT2D eigenvalue weighted by Gasteiger charge is -2.29. The van der Waals surface area contributed by atoms with Gasteiger partial charge in [0.05, 0.1) is 16.8 Å². The van der Waals surface area contributed by atoms with Gasteiger partial charge in [0, 0.05) is 30.2 Å². The van der Waals surface area contributed by atoms with Gasteiger partial charge in [-0.25, -0.2) is 9.97 Å². The molecule has 0 saturated carbocycles. The van der Waals surface area contributed by atoms with E-state index in [1.807, 2.05) is 12.1 Å². The van der Waals surface area contributed by atoms with Gasteiger partial charge in [0.1, 0.15) is 10.8 Å². The Hall–Kier alpha value is -3.14. The Balaban J connectivity index is 1.40. The van der Waals surface area contributed by atoms with Crippen LogP contribution in [0.5, 0.6) is 0 Å². The molecule has 0 unspecified atom stereocenters. The first-order valence-corrected chi connectivity index (χ1v) is 11.1. The Morgan fingerprint density at radius 3 is 2.59 bits per heavy atom. The molecule has 1 aromatic carbocycles. The summed E-state index contributed by atoms with van der Waals surface area (Å²) in [7, 11) is 0. The van der Waals surface area contributed by atoms with Gasteiger partial charge in [-0.1, -0.05) is 17.3 Å². The summed E-state index contributed by atoms with van der Waals surface area (Å²) < 4.78 is 38.2. The second kappa shape index (κ2) is 9.56. The van der Waals surface area contributed by atoms with Crippen molar-refractivity contribution in [2.45, 2.75) is 32.0 Å². The van der Waals surface area contributed by atoms with E-state index in [1.54, 1.807) is 11.6 Å². The van der Waals surface area contributed by atoms with Crippen LogP contribution < -0.4 is 10.6 Å². The number of nitrogens with zero attached hydrogens (tertiary/aromatic N) is 4. The Morgan fingerprint density at radius 1 is 1.12 bits per heavy atom. The molecule has 0 atom stereocenters. The molecule has 1 aliphatic rings. The van der Waals surface area contributed by atoms with Gasteiger partial charge in [0.2, 0.25) is 0 Å². The van der Waals surface area contributed by atoms with Crippen molar-refractivity contribution in [3.05, 3.63) is 64.8 Å². The smallest absolute Gasteiger partial charge is 0.388 e. The highest BCUT2D eigenvalue weighted by molar-refractivity contribution is 7.13. The molecule has 6 nitrogen and oxygen atoms in total. The molecule has 0 aliphatic carbocycles. The molecular formula is C22H22F3N5OS. The molecule has 4 rings (SSSR count). The summed E-state index contributed by atoms with van der Waals surface area (Å²) in [6.45, 7) is 1.96. The molecular weight excluding hydrogens is 439 g/mol. The van der Waals surface area contributed by atoms with Gasteiger partial charge in [-0.2, -0.15) is 13.2 Å². The predicted octanol–water partition coefficient (Wildman–Crippen LogP) is 5.05. The number of hydrogen-bond acceptors (Lipinski definition) is 6. The lowest BCUT2D eigenvalue weighted by molar-refractivity contribution is -0.137. The van der Waals surface area contributed by atoms with Crippen molar-refractivity contribution in [3.63, 3.8) is 0 Å². The molecule has 0 radical (unpaired) electrons. The third-order valence-corrected chi connectivity index (χ3v) is 6.04. The van der Waals surface area contributed by atoms with E-state index < -0.39 is 11.7 Å². The molecule has 168 valence electrons. The van der Waals surface area contributed by atoms with E-state index in [-0.39, 0.29) is 12.4 Å². The first kappa shape index (κ1) is 22.1. The van der Waals surface area contributed by atoms with Crippen LogP contribution >= 0.6 is 11.3 Å². The van der Waals surface area contributed by atoms with Gasteiger partial charge in [-0.15, -0.1) is 11.3 Å². The number of thiazole rings is 1. The van der Waals surface area contributed by atoms with Gasteiger partial charge >= 0.3 is 6.18 Å². The minimum Gasteiger partial charge on any atom is -0.388 e. The predicted molar refractivity (Wildman–Crippen MR) is 118 cm³/mol. The maximum atomic E-state index is 12.7. The number of oxime groups is 1. The second-order valence-electron chi connectivity index (χ2n) is 7.39. The van der Waals surface area contributed by atoms with E-state index in [1.165, 1.54) is 29.9 Å². The Labute approximate surface area is 187 Å². The van der Waals surface area contributed by atoms with Crippen molar-refractivity contribution in [3.8, 4) is 10.6 Å². The zero-order valence-electron chi connectivity index (χ0n) is 17.2. The summed E-state index contributed by atoms with van der Waals surface area (Å²) in [5.41, 5.74) is 7.42. The van der Waals surface area contributed by atoms with E-state index in [4.69, 9.17) is 10.6 Å². The molecule has 2 aromatic heterocycles. The first-order valence-electron chi connectivity index (χ1n) is 10.2. The number of piperidine rings is 1. The molecule has 32 heavy (non-hydrogen) atoms. The van der Waals surface area contributed by atoms with Gasteiger partial charge in [0.15, 0.2) is 12.4 Å². The molecule has 3 aromatic rings. The van der Waals surface area contributed by atoms with Crippen molar-refractivity contribution in [2.24, 2.45) is 10.9 Å². The summed E-state index contributed by atoms with van der Waals surface area (Å²) in [5.74, 6) is 1.03. The number of anilines is 1. The molecule has 0 bridgehead atoms. The number of pyridine rings is 1. The zero-order valence-corrected chi connectivity index (χ0v) is 18.0. The van der Waals surface area contributed by atoms with E-state index >= 15 is 0 Å². The molecule has 3 heterocycles. The van der Waals surface area contributed by atoms with Crippen molar-refractivity contribution in [1.82, 2.24) is 9.97 Å². The maximum absolute atomic E-state index is 12.7. The Bertz CT molecular complexity index is 1080. The van der Waals surface area contributed by atoms with Crippen LogP contribution in [-0.4, -0.2) is 28.9 Å². The van der Waals surface area contributed by atoms with Crippen LogP contribution in [0.15, 0.2) is 53.1 Å². The number of hydrogen-bond donors (Lipinski definition) is 1. The molecule has 2 N–H and O–H groups in total. The van der Waals surface area contributed by atoms with Crippen LogP contribution in [0.3, 0.4) is 0 Å². The topological polar surface area (TPSA) is 76.6 Å². The Morgan fingerprint density at radius 2 is 1.88 bits per heavy atom. The fraction of sp³-hybridized carbons (Fsp3) is 0.318. The van der Waals surface area contributed by atoms with Gasteiger partial charge in [-0.3, -0.25) is 0 Å². The normalized spacial score (nSPS) is 15.1. The molecule has 0 amide bonds. The van der Waals surface area contributed by atoms with Crippen molar-refractivity contribution < 1.29 is 18.0 Å². The standard InChI is InChI=1S/C22H22F3N5OS/c23-22(24,25)16-8-6-15(7-9-16)21-28-17(14-32-21)13-31-29-19(26)18-5-4-10-27-20(18)30-11-2-1-3-12-30/h4-10,14H,1-3,11-13H2,(H2,26,29). The molecule has 0 spiro atoms. The first-order chi connectivity index (χ1) is 15.4. The summed E-state index contributed by atoms with van der Waals surface area (Å²) in [6.07, 6.45) is 0.830. The minimum absolute atomic E-state index is 0.0944. The lowest BCUT2D eigenvalue weighted by Crippen LogP contribution is -2.32. The molecule has 1 fully saturated rings. The van der Waals surface area contributed by atoms with Crippen molar-refractivity contribution in [2.75, 3.05) is 18.0 Å². The van der Waals surface area contributed by atoms with Crippen LogP contribution in [-0.2, 0) is 17.6 Å². The fourth-order valence-electron chi connectivity index (χ4n) is 3.48. The van der Waals surface area contributed by atoms with E-state index in [0.717, 1.165) is 49.4 Å². The van der Waals surface area contributed by atoms with Crippen molar-refractivity contribution in [1.29, 1.82) is 0 Å². The third-order valence-electron chi connectivity index (χ3n) is 5.10. The fourth-order valence-corrected chi connectivity index (χ4v) is 4.29. The number of aromatic nitrogens is 2. The number of nitrogens with two attached hydrogens (primary N) is 1. The number of rotatable bonds is 6. The minimum atomic E-state index is -4.36. The highest BCUT2D eigenvalue weighted by Gasteiger charge is 2.30. The largest absolute Gasteiger partial charge is 0.416 e. The number of alkyl halides is 3. The van der Waals surface area contributed by atoms with E-state index in [9.17, 15) is 13.2 Å². The van der Waals surface area contributed by atoms with Gasteiger partial charge in [-0.05, 0) is 43.5 Å². The molecule has 10 heteroatoms. The molecule has 1 saturated heterocycles. The maximum Gasteiger partial charge on any atom is 0.416 e. The van der Waals surface area contributed by atoms with E-state index in [0.29, 0.717) is 16.3 Å². The van der Waals surface area contributed by atoms with Crippen LogP contribution in [0, 0.1) is 0 Å². The van der Waals surface area contributed by atoms with E-state index in [2.05, 4.69) is 20.0 Å². The van der Waals surface area contributed by atoms with Crippen molar-refractivity contribution >= 4 is 23.0 Å². The van der Waals surface area contributed by atoms with Crippen LogP contribution in [0.25, 0.3) is 10.6 Å². The SMILES string of the molecule is N/C(=N/OCc1csc(-c2ccc(C(F)(F)F)cc2)n1)c1cccnc1N1CCCCC1. The summed E-state index contributed by atoms with van der Waals surface area (Å²) >= 11 is 1.32. The quantitative estimate of drug-likeness (QED) is 0.316. The van der Waals surface area contributed by atoms with Gasteiger partial charge < -0.3 is 15.5 Å². The Kier molecular flexibility index (Phi) is 6.59. The third kappa shape index (κ3) is 5.18. The van der Waals surface area contributed by atoms with Crippen LogP contribution in [0.1, 0.15) is 36.1 Å². The average Bonchev–Trinajstić information content (AvgIpc) is 3.28. The summed E-state index contributed by atoms with van der Waals surface area (Å²) in [4.78, 5) is 16.5. The average molecular weight is 462 g/mol. The summed E-state index contributed by atoms with van der Waals surface area (Å²) in [5, 5.41) is 6.42. The zero-order chi connectivity index (χ0) is 22.6. The number of halogens is 3. The summed E-state index contributed by atoms with van der Waals surface area (Å²) in [6, 6.07) is 8.59. The lowest BCUT2D eigenvalue weighted by atomic mass is 10.1.